The van der Waals surface area contributed by atoms with Gasteiger partial charge in [0.25, 0.3) is 0 Å². The molecule has 2 atom stereocenters. The molecular formula is C9H19NO. The van der Waals surface area contributed by atoms with Crippen molar-refractivity contribution in [2.45, 2.75) is 38.8 Å². The van der Waals surface area contributed by atoms with Gasteiger partial charge in [0.2, 0.25) is 0 Å². The van der Waals surface area contributed by atoms with Crippen LogP contribution in [0.3, 0.4) is 0 Å². The van der Waals surface area contributed by atoms with E-state index in [1.54, 1.807) is 0 Å². The van der Waals surface area contributed by atoms with Crippen LogP contribution in [0.5, 0.6) is 0 Å². The fraction of sp³-hybridized carbons (Fsp3) is 1.00. The predicted octanol–water partition coefficient (Wildman–Crippen LogP) is 1.51. The molecule has 2 unspecified atom stereocenters. The average molecular weight is 157 g/mol. The smallest absolute Gasteiger partial charge is 0.0698 e. The summed E-state index contributed by atoms with van der Waals surface area (Å²) in [6.07, 6.45) is 2.99. The molecule has 0 aromatic rings. The number of methoxy groups -OCH3 is 1. The fourth-order valence-corrected chi connectivity index (χ4v) is 1.78. The highest BCUT2D eigenvalue weighted by Gasteiger charge is 2.23. The third-order valence-electron chi connectivity index (χ3n) is 2.71. The predicted molar refractivity (Wildman–Crippen MR) is 46.7 cm³/mol. The molecule has 0 aromatic heterocycles. The summed E-state index contributed by atoms with van der Waals surface area (Å²) in [5.74, 6) is 0. The van der Waals surface area contributed by atoms with E-state index in [9.17, 15) is 0 Å². The molecule has 0 bridgehead atoms. The number of ether oxygens (including phenoxy) is 1. The maximum absolute atomic E-state index is 5.33. The molecule has 1 aliphatic heterocycles. The van der Waals surface area contributed by atoms with Gasteiger partial charge in [-0.2, -0.15) is 0 Å². The second-order valence-electron chi connectivity index (χ2n) is 3.37. The molecule has 11 heavy (non-hydrogen) atoms. The number of piperidine rings is 1. The van der Waals surface area contributed by atoms with Gasteiger partial charge in [0.1, 0.15) is 0 Å². The zero-order chi connectivity index (χ0) is 8.27. The molecule has 1 rings (SSSR count). The quantitative estimate of drug-likeness (QED) is 0.602. The van der Waals surface area contributed by atoms with Gasteiger partial charge in [-0.15, -0.1) is 0 Å². The molecule has 1 heterocycles. The van der Waals surface area contributed by atoms with Gasteiger partial charge in [-0.05, 0) is 26.3 Å². The van der Waals surface area contributed by atoms with Gasteiger partial charge in [-0.1, -0.05) is 6.92 Å². The first-order valence-electron chi connectivity index (χ1n) is 4.54. The van der Waals surface area contributed by atoms with Crippen molar-refractivity contribution in [3.63, 3.8) is 0 Å². The molecule has 1 fully saturated rings. The molecule has 0 spiro atoms. The van der Waals surface area contributed by atoms with Crippen molar-refractivity contribution in [2.24, 2.45) is 0 Å². The van der Waals surface area contributed by atoms with Crippen molar-refractivity contribution in [1.82, 2.24) is 4.90 Å². The molecule has 66 valence electrons. The van der Waals surface area contributed by atoms with Crippen LogP contribution in [0.15, 0.2) is 0 Å². The van der Waals surface area contributed by atoms with E-state index in [4.69, 9.17) is 4.74 Å². The van der Waals surface area contributed by atoms with Crippen molar-refractivity contribution >= 4 is 0 Å². The highest BCUT2D eigenvalue weighted by molar-refractivity contribution is 4.77. The Bertz CT molecular complexity index is 116. The Morgan fingerprint density at radius 3 is 2.73 bits per heavy atom. The molecule has 2 heteroatoms. The Hall–Kier alpha value is -0.0800. The van der Waals surface area contributed by atoms with Crippen LogP contribution in [0, 0.1) is 0 Å². The van der Waals surface area contributed by atoms with Crippen LogP contribution >= 0.6 is 0 Å². The summed E-state index contributed by atoms with van der Waals surface area (Å²) in [7, 11) is 1.81. The first kappa shape index (κ1) is 9.01. The van der Waals surface area contributed by atoms with Gasteiger partial charge in [0.05, 0.1) is 6.10 Å². The Kier molecular flexibility index (Phi) is 3.34. The molecule has 1 aliphatic rings. The minimum atomic E-state index is 0.478. The lowest BCUT2D eigenvalue weighted by Crippen LogP contribution is -2.44. The third-order valence-corrected chi connectivity index (χ3v) is 2.71. The van der Waals surface area contributed by atoms with E-state index in [0.29, 0.717) is 6.10 Å². The minimum absolute atomic E-state index is 0.478. The van der Waals surface area contributed by atoms with E-state index < -0.39 is 0 Å². The summed E-state index contributed by atoms with van der Waals surface area (Å²) in [6.45, 7) is 6.79. The number of hydrogen-bond acceptors (Lipinski definition) is 2. The number of nitrogens with zero attached hydrogens (tertiary/aromatic N) is 1. The Balaban J connectivity index is 2.37. The lowest BCUT2D eigenvalue weighted by atomic mass is 10.0. The van der Waals surface area contributed by atoms with Crippen LogP contribution in [-0.2, 0) is 4.74 Å². The topological polar surface area (TPSA) is 12.5 Å². The van der Waals surface area contributed by atoms with Crippen LogP contribution in [0.2, 0.25) is 0 Å². The average Bonchev–Trinajstić information content (AvgIpc) is 2.05. The van der Waals surface area contributed by atoms with E-state index in [2.05, 4.69) is 18.7 Å². The molecule has 0 radical (unpaired) electrons. The van der Waals surface area contributed by atoms with Crippen molar-refractivity contribution in [2.75, 3.05) is 20.2 Å². The SMILES string of the molecule is CCN1CC(OC)CCC1C. The number of rotatable bonds is 2. The Labute approximate surface area is 69.5 Å². The van der Waals surface area contributed by atoms with Crippen LogP contribution in [0.25, 0.3) is 0 Å². The molecule has 0 amide bonds. The van der Waals surface area contributed by atoms with Crippen molar-refractivity contribution in [3.05, 3.63) is 0 Å². The maximum Gasteiger partial charge on any atom is 0.0698 e. The monoisotopic (exact) mass is 157 g/mol. The lowest BCUT2D eigenvalue weighted by Gasteiger charge is -2.36. The summed E-state index contributed by atoms with van der Waals surface area (Å²) in [6, 6.07) is 0.756. The molecule has 0 saturated carbocycles. The molecular weight excluding hydrogens is 138 g/mol. The maximum atomic E-state index is 5.33. The van der Waals surface area contributed by atoms with Crippen LogP contribution in [0.4, 0.5) is 0 Å². The number of likely N-dealkylation sites (N-methyl/N-ethyl adjacent to an activating group) is 1. The Morgan fingerprint density at radius 2 is 2.18 bits per heavy atom. The van der Waals surface area contributed by atoms with Gasteiger partial charge >= 0.3 is 0 Å². The standard InChI is InChI=1S/C9H19NO/c1-4-10-7-9(11-3)6-5-8(10)2/h8-9H,4-7H2,1-3H3. The summed E-state index contributed by atoms with van der Waals surface area (Å²) in [4.78, 5) is 2.48. The fourth-order valence-electron chi connectivity index (χ4n) is 1.78. The highest BCUT2D eigenvalue weighted by atomic mass is 16.5. The molecule has 2 nitrogen and oxygen atoms in total. The summed E-state index contributed by atoms with van der Waals surface area (Å²) >= 11 is 0. The van der Waals surface area contributed by atoms with Gasteiger partial charge in [0.15, 0.2) is 0 Å². The van der Waals surface area contributed by atoms with E-state index in [1.165, 1.54) is 12.8 Å². The summed E-state index contributed by atoms with van der Waals surface area (Å²) < 4.78 is 5.33. The zero-order valence-corrected chi connectivity index (χ0v) is 7.84. The van der Waals surface area contributed by atoms with Crippen LogP contribution in [-0.4, -0.2) is 37.2 Å². The normalized spacial score (nSPS) is 34.1. The molecule has 0 N–H and O–H groups in total. The first-order chi connectivity index (χ1) is 5.27. The van der Waals surface area contributed by atoms with Crippen molar-refractivity contribution in [3.8, 4) is 0 Å². The first-order valence-corrected chi connectivity index (χ1v) is 4.54. The van der Waals surface area contributed by atoms with Gasteiger partial charge in [-0.25, -0.2) is 0 Å². The van der Waals surface area contributed by atoms with Gasteiger partial charge < -0.3 is 4.74 Å². The van der Waals surface area contributed by atoms with Crippen molar-refractivity contribution < 1.29 is 4.74 Å². The second-order valence-corrected chi connectivity index (χ2v) is 3.37. The third kappa shape index (κ3) is 2.17. The highest BCUT2D eigenvalue weighted by Crippen LogP contribution is 2.17. The van der Waals surface area contributed by atoms with Gasteiger partial charge in [0, 0.05) is 19.7 Å². The van der Waals surface area contributed by atoms with E-state index >= 15 is 0 Å². The molecule has 0 aromatic carbocycles. The number of hydrogen-bond donors (Lipinski definition) is 0. The van der Waals surface area contributed by atoms with Gasteiger partial charge in [-0.3, -0.25) is 4.90 Å². The largest absolute Gasteiger partial charge is 0.380 e. The lowest BCUT2D eigenvalue weighted by molar-refractivity contribution is 0.0122. The van der Waals surface area contributed by atoms with E-state index in [-0.39, 0.29) is 0 Å². The van der Waals surface area contributed by atoms with E-state index in [1.807, 2.05) is 7.11 Å². The van der Waals surface area contributed by atoms with Crippen molar-refractivity contribution in [1.29, 1.82) is 0 Å². The molecule has 1 saturated heterocycles. The van der Waals surface area contributed by atoms with Crippen LogP contribution in [0.1, 0.15) is 26.7 Å². The minimum Gasteiger partial charge on any atom is -0.380 e. The number of likely N-dealkylation sites (tertiary alicyclic amines) is 1. The molecule has 0 aliphatic carbocycles. The Morgan fingerprint density at radius 1 is 1.45 bits per heavy atom. The zero-order valence-electron chi connectivity index (χ0n) is 7.84. The van der Waals surface area contributed by atoms with Crippen LogP contribution < -0.4 is 0 Å². The summed E-state index contributed by atoms with van der Waals surface area (Å²) in [5, 5.41) is 0. The second kappa shape index (κ2) is 4.07. The van der Waals surface area contributed by atoms with E-state index in [0.717, 1.165) is 19.1 Å². The summed E-state index contributed by atoms with van der Waals surface area (Å²) in [5.41, 5.74) is 0.